The summed E-state index contributed by atoms with van der Waals surface area (Å²) in [6.45, 7) is 2.74. The molecule has 1 aromatic heterocycles. The summed E-state index contributed by atoms with van der Waals surface area (Å²) in [6, 6.07) is 6.83. The van der Waals surface area contributed by atoms with Crippen LogP contribution in [-0.2, 0) is 16.6 Å². The lowest BCUT2D eigenvalue weighted by Crippen LogP contribution is -2.25. The molecule has 0 radical (unpaired) electrons. The number of hydrogen-bond donors (Lipinski definition) is 1. The molecule has 8 nitrogen and oxygen atoms in total. The van der Waals surface area contributed by atoms with Crippen molar-refractivity contribution in [2.75, 3.05) is 6.54 Å². The molecule has 2 aromatic rings. The molecule has 1 N–H and O–H groups in total. The second kappa shape index (κ2) is 6.67. The SMILES string of the molecule is Cc1ccnn1CCCNS(=O)(=O)c1cccc([N+](=O)[O-])c1. The lowest BCUT2D eigenvalue weighted by atomic mass is 10.3. The predicted octanol–water partition coefficient (Wildman–Crippen LogP) is 1.47. The number of benzene rings is 1. The van der Waals surface area contributed by atoms with E-state index < -0.39 is 14.9 Å². The van der Waals surface area contributed by atoms with Crippen LogP contribution in [-0.4, -0.2) is 29.7 Å². The van der Waals surface area contributed by atoms with Crippen molar-refractivity contribution in [3.05, 3.63) is 52.3 Å². The normalized spacial score (nSPS) is 11.5. The molecule has 0 amide bonds. The molecule has 118 valence electrons. The van der Waals surface area contributed by atoms with Crippen molar-refractivity contribution in [2.24, 2.45) is 0 Å². The quantitative estimate of drug-likeness (QED) is 0.471. The van der Waals surface area contributed by atoms with Gasteiger partial charge in [-0.15, -0.1) is 0 Å². The molecule has 0 aliphatic heterocycles. The predicted molar refractivity (Wildman–Crippen MR) is 79.9 cm³/mol. The first-order chi connectivity index (χ1) is 10.4. The number of nitro benzene ring substituents is 1. The highest BCUT2D eigenvalue weighted by Crippen LogP contribution is 2.17. The van der Waals surface area contributed by atoms with Crippen molar-refractivity contribution in [1.82, 2.24) is 14.5 Å². The number of nitrogens with zero attached hydrogens (tertiary/aromatic N) is 3. The van der Waals surface area contributed by atoms with Crippen molar-refractivity contribution >= 4 is 15.7 Å². The van der Waals surface area contributed by atoms with Gasteiger partial charge >= 0.3 is 0 Å². The number of nitrogens with one attached hydrogen (secondary N) is 1. The summed E-state index contributed by atoms with van der Waals surface area (Å²) in [6.07, 6.45) is 2.25. The first-order valence-corrected chi connectivity index (χ1v) is 8.11. The summed E-state index contributed by atoms with van der Waals surface area (Å²) in [7, 11) is -3.75. The van der Waals surface area contributed by atoms with Gasteiger partial charge in [-0.1, -0.05) is 6.07 Å². The van der Waals surface area contributed by atoms with Crippen LogP contribution in [0.3, 0.4) is 0 Å². The average Bonchev–Trinajstić information content (AvgIpc) is 2.89. The second-order valence-electron chi connectivity index (χ2n) is 4.70. The van der Waals surface area contributed by atoms with Gasteiger partial charge in [-0.3, -0.25) is 14.8 Å². The minimum Gasteiger partial charge on any atom is -0.270 e. The van der Waals surface area contributed by atoms with Crippen molar-refractivity contribution in [3.63, 3.8) is 0 Å². The van der Waals surface area contributed by atoms with Gasteiger partial charge < -0.3 is 0 Å². The number of nitro groups is 1. The number of hydrogen-bond acceptors (Lipinski definition) is 5. The summed E-state index contributed by atoms with van der Waals surface area (Å²) in [4.78, 5) is 9.94. The highest BCUT2D eigenvalue weighted by Gasteiger charge is 2.16. The van der Waals surface area contributed by atoms with Crippen LogP contribution in [0.5, 0.6) is 0 Å². The monoisotopic (exact) mass is 324 g/mol. The molecular weight excluding hydrogens is 308 g/mol. The topological polar surface area (TPSA) is 107 Å². The van der Waals surface area contributed by atoms with Crippen LogP contribution in [0.2, 0.25) is 0 Å². The van der Waals surface area contributed by atoms with Crippen LogP contribution < -0.4 is 4.72 Å². The summed E-state index contributed by atoms with van der Waals surface area (Å²) in [5.41, 5.74) is 0.747. The molecule has 0 bridgehead atoms. The van der Waals surface area contributed by atoms with Crippen LogP contribution in [0, 0.1) is 17.0 Å². The number of non-ortho nitro benzene ring substituents is 1. The number of aromatic nitrogens is 2. The van der Waals surface area contributed by atoms with Crippen LogP contribution in [0.1, 0.15) is 12.1 Å². The maximum absolute atomic E-state index is 12.1. The Bertz CT molecular complexity index is 770. The zero-order valence-corrected chi connectivity index (χ0v) is 12.8. The zero-order chi connectivity index (χ0) is 16.2. The van der Waals surface area contributed by atoms with Gasteiger partial charge in [0.15, 0.2) is 0 Å². The largest absolute Gasteiger partial charge is 0.270 e. The molecule has 1 heterocycles. The summed E-state index contributed by atoms with van der Waals surface area (Å²) >= 11 is 0. The Morgan fingerprint density at radius 3 is 2.77 bits per heavy atom. The standard InChI is InChI=1S/C13H16N4O4S/c1-11-6-8-14-16(11)9-3-7-15-22(20,21)13-5-2-4-12(10-13)17(18)19/h2,4-6,8,10,15H,3,7,9H2,1H3. The van der Waals surface area contributed by atoms with E-state index in [2.05, 4.69) is 9.82 Å². The van der Waals surface area contributed by atoms with E-state index in [-0.39, 0.29) is 17.1 Å². The minimum atomic E-state index is -3.75. The fraction of sp³-hybridized carbons (Fsp3) is 0.308. The Balaban J connectivity index is 1.95. The summed E-state index contributed by atoms with van der Waals surface area (Å²) in [5, 5.41) is 14.8. The Morgan fingerprint density at radius 2 is 2.14 bits per heavy atom. The van der Waals surface area contributed by atoms with E-state index in [1.807, 2.05) is 13.0 Å². The highest BCUT2D eigenvalue weighted by molar-refractivity contribution is 7.89. The average molecular weight is 324 g/mol. The molecule has 0 aliphatic carbocycles. The molecule has 0 fully saturated rings. The molecule has 0 saturated heterocycles. The van der Waals surface area contributed by atoms with Gasteiger partial charge in [-0.2, -0.15) is 5.10 Å². The van der Waals surface area contributed by atoms with Gasteiger partial charge in [0, 0.05) is 37.1 Å². The first kappa shape index (κ1) is 16.1. The van der Waals surface area contributed by atoms with Crippen LogP contribution in [0.4, 0.5) is 5.69 Å². The van der Waals surface area contributed by atoms with Gasteiger partial charge in [0.2, 0.25) is 10.0 Å². The molecule has 0 unspecified atom stereocenters. The lowest BCUT2D eigenvalue weighted by Gasteiger charge is -2.07. The molecule has 1 aromatic carbocycles. The van der Waals surface area contributed by atoms with E-state index in [0.717, 1.165) is 11.8 Å². The van der Waals surface area contributed by atoms with Crippen molar-refractivity contribution < 1.29 is 13.3 Å². The summed E-state index contributed by atoms with van der Waals surface area (Å²) < 4.78 is 28.4. The Hall–Kier alpha value is -2.26. The maximum atomic E-state index is 12.1. The van der Waals surface area contributed by atoms with Crippen LogP contribution >= 0.6 is 0 Å². The third kappa shape index (κ3) is 3.89. The van der Waals surface area contributed by atoms with Gasteiger partial charge in [-0.05, 0) is 25.5 Å². The van der Waals surface area contributed by atoms with Gasteiger partial charge in [0.25, 0.3) is 5.69 Å². The molecule has 0 saturated carbocycles. The first-order valence-electron chi connectivity index (χ1n) is 6.63. The van der Waals surface area contributed by atoms with E-state index in [4.69, 9.17) is 0 Å². The minimum absolute atomic E-state index is 0.114. The van der Waals surface area contributed by atoms with E-state index in [0.29, 0.717) is 13.0 Å². The van der Waals surface area contributed by atoms with E-state index >= 15 is 0 Å². The van der Waals surface area contributed by atoms with Crippen LogP contribution in [0.15, 0.2) is 41.4 Å². The smallest absolute Gasteiger partial charge is 0.270 e. The van der Waals surface area contributed by atoms with Gasteiger partial charge in [0.1, 0.15) is 0 Å². The Kier molecular flexibility index (Phi) is 4.88. The number of rotatable bonds is 7. The molecule has 0 atom stereocenters. The number of aryl methyl sites for hydroxylation is 2. The van der Waals surface area contributed by atoms with Gasteiger partial charge in [-0.25, -0.2) is 13.1 Å². The van der Waals surface area contributed by atoms with Crippen molar-refractivity contribution in [2.45, 2.75) is 24.8 Å². The number of sulfonamides is 1. The molecular formula is C13H16N4O4S. The van der Waals surface area contributed by atoms with E-state index in [1.54, 1.807) is 10.9 Å². The van der Waals surface area contributed by atoms with E-state index in [9.17, 15) is 18.5 Å². The van der Waals surface area contributed by atoms with Gasteiger partial charge in [0.05, 0.1) is 9.82 Å². The Morgan fingerprint density at radius 1 is 1.36 bits per heavy atom. The summed E-state index contributed by atoms with van der Waals surface area (Å²) in [5.74, 6) is 0. The Labute approximate surface area is 128 Å². The zero-order valence-electron chi connectivity index (χ0n) is 12.0. The molecule has 22 heavy (non-hydrogen) atoms. The van der Waals surface area contributed by atoms with Crippen molar-refractivity contribution in [3.8, 4) is 0 Å². The van der Waals surface area contributed by atoms with Crippen LogP contribution in [0.25, 0.3) is 0 Å². The maximum Gasteiger partial charge on any atom is 0.270 e. The molecule has 2 rings (SSSR count). The van der Waals surface area contributed by atoms with Crippen molar-refractivity contribution in [1.29, 1.82) is 0 Å². The molecule has 0 spiro atoms. The fourth-order valence-electron chi connectivity index (χ4n) is 1.92. The lowest BCUT2D eigenvalue weighted by molar-refractivity contribution is -0.385. The third-order valence-electron chi connectivity index (χ3n) is 3.11. The van der Waals surface area contributed by atoms with E-state index in [1.165, 1.54) is 18.2 Å². The third-order valence-corrected chi connectivity index (χ3v) is 4.57. The molecule has 9 heteroatoms. The molecule has 0 aliphatic rings. The fourth-order valence-corrected chi connectivity index (χ4v) is 3.03. The highest BCUT2D eigenvalue weighted by atomic mass is 32.2. The second-order valence-corrected chi connectivity index (χ2v) is 6.47.